The Labute approximate surface area is 218 Å². The minimum absolute atomic E-state index is 0.00430. The third-order valence-electron chi connectivity index (χ3n) is 7.51. The van der Waals surface area contributed by atoms with Crippen LogP contribution in [0.3, 0.4) is 0 Å². The summed E-state index contributed by atoms with van der Waals surface area (Å²) in [7, 11) is -2.97. The zero-order valence-corrected chi connectivity index (χ0v) is 22.0. The van der Waals surface area contributed by atoms with Gasteiger partial charge >= 0.3 is 0 Å². The fourth-order valence-electron chi connectivity index (χ4n) is 5.23. The fraction of sp³-hybridized carbons (Fsp3) is 0.480. The first-order chi connectivity index (χ1) is 17.6. The lowest BCUT2D eigenvalue weighted by molar-refractivity contribution is 0.00470. The highest BCUT2D eigenvalue weighted by Crippen LogP contribution is 2.51. The van der Waals surface area contributed by atoms with Gasteiger partial charge in [0, 0.05) is 38.5 Å². The molecule has 4 rings (SSSR count). The molecule has 13 heteroatoms. The van der Waals surface area contributed by atoms with Crippen LogP contribution in [0.1, 0.15) is 48.3 Å². The molecule has 1 aromatic carbocycles. The second kappa shape index (κ2) is 9.60. The van der Waals surface area contributed by atoms with E-state index in [1.165, 1.54) is 32.2 Å². The van der Waals surface area contributed by atoms with Crippen molar-refractivity contribution in [3.63, 3.8) is 0 Å². The molecule has 2 aliphatic heterocycles. The largest absolute Gasteiger partial charge is 0.369 e. The van der Waals surface area contributed by atoms with E-state index in [4.69, 9.17) is 5.73 Å². The Bertz CT molecular complexity index is 1380. The van der Waals surface area contributed by atoms with E-state index in [9.17, 15) is 26.4 Å². The van der Waals surface area contributed by atoms with Crippen molar-refractivity contribution in [1.82, 2.24) is 14.2 Å². The van der Waals surface area contributed by atoms with E-state index >= 15 is 4.39 Å². The molecule has 2 aliphatic rings. The summed E-state index contributed by atoms with van der Waals surface area (Å²) in [6.45, 7) is 2.23. The number of guanidine groups is 1. The van der Waals surface area contributed by atoms with Crippen LogP contribution in [0.15, 0.2) is 41.5 Å². The van der Waals surface area contributed by atoms with E-state index in [-0.39, 0.29) is 49.7 Å². The van der Waals surface area contributed by atoms with Gasteiger partial charge in [-0.1, -0.05) is 6.07 Å². The second-order valence-corrected chi connectivity index (χ2v) is 12.4. The molecule has 0 amide bonds. The van der Waals surface area contributed by atoms with Gasteiger partial charge in [0.15, 0.2) is 5.78 Å². The molecular weight excluding hydrogens is 526 g/mol. The van der Waals surface area contributed by atoms with Gasteiger partial charge in [0.05, 0.1) is 6.20 Å². The first kappa shape index (κ1) is 28.0. The minimum atomic E-state index is -4.22. The number of carbonyl (C=O) groups is 1. The highest BCUT2D eigenvalue weighted by molar-refractivity contribution is 7.91. The van der Waals surface area contributed by atoms with E-state index in [1.807, 2.05) is 0 Å². The Morgan fingerprint density at radius 1 is 1.21 bits per heavy atom. The number of sulfonamides is 1. The number of nitrogens with zero attached hydrogens (tertiary/aromatic N) is 4. The van der Waals surface area contributed by atoms with E-state index in [0.29, 0.717) is 5.56 Å². The van der Waals surface area contributed by atoms with Crippen LogP contribution < -0.4 is 5.73 Å². The number of benzene rings is 1. The summed E-state index contributed by atoms with van der Waals surface area (Å²) in [5.74, 6) is -5.08. The topological polar surface area (TPSA) is 109 Å². The van der Waals surface area contributed by atoms with Gasteiger partial charge in [-0.3, -0.25) is 9.78 Å². The molecule has 206 valence electrons. The molecule has 0 unspecified atom stereocenters. The van der Waals surface area contributed by atoms with Crippen molar-refractivity contribution in [3.05, 3.63) is 65.0 Å². The van der Waals surface area contributed by atoms with E-state index in [0.717, 1.165) is 29.6 Å². The predicted molar refractivity (Wildman–Crippen MR) is 133 cm³/mol. The molecule has 0 bridgehead atoms. The average molecular weight is 556 g/mol. The van der Waals surface area contributed by atoms with Crippen LogP contribution in [-0.4, -0.2) is 71.7 Å². The number of ketones is 1. The number of hydrogen-bond donors (Lipinski definition) is 1. The number of hydrogen-bond acceptors (Lipinski definition) is 7. The Balaban J connectivity index is 1.76. The summed E-state index contributed by atoms with van der Waals surface area (Å²) in [5.41, 5.74) is 4.55. The van der Waals surface area contributed by atoms with Crippen molar-refractivity contribution in [2.24, 2.45) is 10.7 Å². The summed E-state index contributed by atoms with van der Waals surface area (Å²) in [6, 6.07) is 6.22. The number of nitrogens with two attached hydrogens (primary N) is 1. The number of Topliss-reactive ketones (excluding diaryl/α,β-unsaturated/α-hetero) is 1. The Hall–Kier alpha value is -3.06. The van der Waals surface area contributed by atoms with Gasteiger partial charge in [-0.25, -0.2) is 35.3 Å². The predicted octanol–water partition coefficient (Wildman–Crippen LogP) is 3.08. The van der Waals surface area contributed by atoms with Gasteiger partial charge in [-0.15, -0.1) is 0 Å². The average Bonchev–Trinajstić information content (AvgIpc) is 3.29. The van der Waals surface area contributed by atoms with E-state index < -0.39 is 50.1 Å². The zero-order valence-electron chi connectivity index (χ0n) is 21.2. The maximum Gasteiger partial charge on any atom is 0.247 e. The van der Waals surface area contributed by atoms with Gasteiger partial charge in [0.1, 0.15) is 27.6 Å². The number of likely N-dealkylation sites (tertiary alicyclic amines) is 1. The Kier molecular flexibility index (Phi) is 7.06. The van der Waals surface area contributed by atoms with Crippen molar-refractivity contribution in [2.75, 3.05) is 26.7 Å². The SMILES string of the molecule is CN1C(N)=N[C@](C)(c2cc(CC(=O)c3ccc(F)cn3)ccc2F)[C@]2(CCN(CCC(C)(F)F)C2)S1(=O)=O. The third kappa shape index (κ3) is 4.77. The summed E-state index contributed by atoms with van der Waals surface area (Å²) in [4.78, 5) is 22.6. The van der Waals surface area contributed by atoms with Crippen LogP contribution in [0, 0.1) is 11.6 Å². The zero-order chi connectivity index (χ0) is 28.1. The maximum absolute atomic E-state index is 15.4. The van der Waals surface area contributed by atoms with Crippen molar-refractivity contribution in [3.8, 4) is 0 Å². The molecule has 2 N–H and O–H groups in total. The first-order valence-electron chi connectivity index (χ1n) is 12.0. The molecule has 1 spiro atoms. The van der Waals surface area contributed by atoms with Crippen LogP contribution in [0.25, 0.3) is 0 Å². The van der Waals surface area contributed by atoms with Gasteiger partial charge in [-0.05, 0) is 56.6 Å². The number of aliphatic imine (C=N–C) groups is 1. The van der Waals surface area contributed by atoms with Crippen LogP contribution in [-0.2, 0) is 22.0 Å². The van der Waals surface area contributed by atoms with Crippen molar-refractivity contribution < 1.29 is 30.8 Å². The molecule has 2 atom stereocenters. The maximum atomic E-state index is 15.4. The fourth-order valence-corrected chi connectivity index (χ4v) is 7.39. The van der Waals surface area contributed by atoms with E-state index in [1.54, 1.807) is 4.90 Å². The highest BCUT2D eigenvalue weighted by atomic mass is 32.2. The number of halogens is 4. The highest BCUT2D eigenvalue weighted by Gasteiger charge is 2.66. The van der Waals surface area contributed by atoms with Gasteiger partial charge in [0.2, 0.25) is 21.9 Å². The smallest absolute Gasteiger partial charge is 0.247 e. The lowest BCUT2D eigenvalue weighted by Crippen LogP contribution is -2.66. The van der Waals surface area contributed by atoms with Crippen molar-refractivity contribution >= 4 is 21.8 Å². The molecule has 1 aromatic heterocycles. The van der Waals surface area contributed by atoms with Crippen LogP contribution in [0.5, 0.6) is 0 Å². The monoisotopic (exact) mass is 555 g/mol. The molecule has 1 saturated heterocycles. The molecule has 0 radical (unpaired) electrons. The summed E-state index contributed by atoms with van der Waals surface area (Å²) in [5, 5.41) is 0. The number of carbonyl (C=O) groups excluding carboxylic acids is 1. The van der Waals surface area contributed by atoms with Crippen LogP contribution in [0.2, 0.25) is 0 Å². The van der Waals surface area contributed by atoms with Gasteiger partial charge in [0.25, 0.3) is 0 Å². The molecule has 0 aliphatic carbocycles. The lowest BCUT2D eigenvalue weighted by Gasteiger charge is -2.48. The number of rotatable bonds is 7. The summed E-state index contributed by atoms with van der Waals surface area (Å²) in [6.07, 6.45) is 0.239. The van der Waals surface area contributed by atoms with Crippen LogP contribution >= 0.6 is 0 Å². The molecule has 8 nitrogen and oxygen atoms in total. The second-order valence-electron chi connectivity index (χ2n) is 10.1. The number of aromatic nitrogens is 1. The summed E-state index contributed by atoms with van der Waals surface area (Å²) < 4.78 is 82.6. The normalized spacial score (nSPS) is 25.6. The van der Waals surface area contributed by atoms with Gasteiger partial charge in [-0.2, -0.15) is 0 Å². The third-order valence-corrected chi connectivity index (χ3v) is 10.1. The Morgan fingerprint density at radius 3 is 2.55 bits per heavy atom. The van der Waals surface area contributed by atoms with E-state index in [2.05, 4.69) is 9.98 Å². The number of alkyl halides is 2. The lowest BCUT2D eigenvalue weighted by atomic mass is 9.77. The molecule has 1 fully saturated rings. The van der Waals surface area contributed by atoms with Crippen LogP contribution in [0.4, 0.5) is 17.6 Å². The summed E-state index contributed by atoms with van der Waals surface area (Å²) >= 11 is 0. The number of pyridine rings is 1. The standard InChI is InChI=1S/C25H29F4N5O3S/c1-23(28,29)8-10-34-11-9-25(15-34)24(2,32-22(30)33(3)38(25,36)37)18-12-16(4-6-19(18)27)13-21(35)20-7-5-17(26)14-31-20/h4-7,12,14H,8-11,13,15H2,1-3H3,(H2,30,32)/t24-,25-/m1/s1. The molecule has 38 heavy (non-hydrogen) atoms. The molecular formula is C25H29F4N5O3S. The van der Waals surface area contributed by atoms with Crippen molar-refractivity contribution in [2.45, 2.75) is 49.3 Å². The molecule has 0 saturated carbocycles. The minimum Gasteiger partial charge on any atom is -0.369 e. The van der Waals surface area contributed by atoms with Gasteiger partial charge < -0.3 is 10.6 Å². The molecule has 3 heterocycles. The van der Waals surface area contributed by atoms with Crippen molar-refractivity contribution in [1.29, 1.82) is 0 Å². The molecule has 2 aromatic rings. The first-order valence-corrected chi connectivity index (χ1v) is 13.4. The Morgan fingerprint density at radius 2 is 1.92 bits per heavy atom. The quantitative estimate of drug-likeness (QED) is 0.416.